The second kappa shape index (κ2) is 11.0. The van der Waals surface area contributed by atoms with Crippen LogP contribution in [0, 0.1) is 5.92 Å². The van der Waals surface area contributed by atoms with Crippen molar-refractivity contribution >= 4 is 28.8 Å². The molecular weight excluding hydrogens is 382 g/mol. The maximum absolute atomic E-state index is 12.3. The van der Waals surface area contributed by atoms with Crippen molar-refractivity contribution in [3.63, 3.8) is 0 Å². The SMILES string of the molecule is CC(=O)N(CC(C)C(Nc1ccccc1)=[NH+]c1ccccc1)c1ccccc1.[Cl-]. The van der Waals surface area contributed by atoms with Gasteiger partial charge in [0, 0.05) is 19.2 Å². The number of para-hydroxylation sites is 3. The highest BCUT2D eigenvalue weighted by atomic mass is 35.5. The van der Waals surface area contributed by atoms with E-state index in [9.17, 15) is 4.79 Å². The number of anilines is 2. The second-order valence-corrected chi connectivity index (χ2v) is 6.76. The van der Waals surface area contributed by atoms with Gasteiger partial charge in [-0.1, -0.05) is 54.6 Å². The lowest BCUT2D eigenvalue weighted by atomic mass is 10.1. The molecule has 0 aliphatic carbocycles. The van der Waals surface area contributed by atoms with Crippen LogP contribution in [0.1, 0.15) is 13.8 Å². The number of amides is 1. The Morgan fingerprint density at radius 1 is 0.897 bits per heavy atom. The van der Waals surface area contributed by atoms with Gasteiger partial charge >= 0.3 is 0 Å². The topological polar surface area (TPSA) is 46.3 Å². The van der Waals surface area contributed by atoms with Crippen molar-refractivity contribution in [1.82, 2.24) is 0 Å². The summed E-state index contributed by atoms with van der Waals surface area (Å²) in [7, 11) is 0. The zero-order chi connectivity index (χ0) is 19.8. The standard InChI is InChI=1S/C24H25N3O.ClH/c1-19(18-27(20(2)28)23-16-10-5-11-17-23)24(25-21-12-6-3-7-13-21)26-22-14-8-4-9-15-22;/h3-17,19H,18H2,1-2H3,(H,25,26);1H. The summed E-state index contributed by atoms with van der Waals surface area (Å²) < 4.78 is 0. The van der Waals surface area contributed by atoms with E-state index in [-0.39, 0.29) is 24.2 Å². The molecule has 0 spiro atoms. The molecule has 1 unspecified atom stereocenters. The van der Waals surface area contributed by atoms with Crippen LogP contribution < -0.4 is 27.6 Å². The van der Waals surface area contributed by atoms with E-state index in [0.29, 0.717) is 6.54 Å². The number of hydrogen-bond donors (Lipinski definition) is 2. The van der Waals surface area contributed by atoms with Crippen LogP contribution in [0.2, 0.25) is 0 Å². The molecular formula is C24H26ClN3O. The van der Waals surface area contributed by atoms with Crippen LogP contribution in [0.3, 0.4) is 0 Å². The first-order chi connectivity index (χ1) is 13.6. The van der Waals surface area contributed by atoms with Crippen LogP contribution in [-0.2, 0) is 4.79 Å². The van der Waals surface area contributed by atoms with Gasteiger partial charge in [0.1, 0.15) is 11.4 Å². The largest absolute Gasteiger partial charge is 1.00 e. The summed E-state index contributed by atoms with van der Waals surface area (Å²) >= 11 is 0. The van der Waals surface area contributed by atoms with Crippen LogP contribution in [-0.4, -0.2) is 18.3 Å². The molecule has 0 bridgehead atoms. The molecule has 1 atom stereocenters. The van der Waals surface area contributed by atoms with Crippen molar-refractivity contribution < 1.29 is 22.2 Å². The Hall–Kier alpha value is -3.11. The van der Waals surface area contributed by atoms with Gasteiger partial charge in [-0.05, 0) is 43.3 Å². The smallest absolute Gasteiger partial charge is 0.257 e. The predicted molar refractivity (Wildman–Crippen MR) is 116 cm³/mol. The number of halogens is 1. The zero-order valence-electron chi connectivity index (χ0n) is 16.7. The van der Waals surface area contributed by atoms with E-state index in [4.69, 9.17) is 0 Å². The van der Waals surface area contributed by atoms with E-state index in [1.807, 2.05) is 95.9 Å². The Kier molecular flexibility index (Phi) is 8.44. The molecule has 2 N–H and O–H groups in total. The van der Waals surface area contributed by atoms with Crippen LogP contribution >= 0.6 is 0 Å². The molecule has 29 heavy (non-hydrogen) atoms. The molecule has 3 aromatic carbocycles. The third-order valence-electron chi connectivity index (χ3n) is 4.50. The molecule has 0 saturated carbocycles. The Balaban J connectivity index is 0.00000300. The molecule has 3 aromatic rings. The van der Waals surface area contributed by atoms with Gasteiger partial charge in [-0.2, -0.15) is 0 Å². The lowest BCUT2D eigenvalue weighted by molar-refractivity contribution is -0.357. The minimum absolute atomic E-state index is 0. The normalized spacial score (nSPS) is 11.9. The van der Waals surface area contributed by atoms with Gasteiger partial charge in [-0.3, -0.25) is 4.79 Å². The van der Waals surface area contributed by atoms with Crippen molar-refractivity contribution in [2.75, 3.05) is 16.8 Å². The minimum atomic E-state index is 0. The van der Waals surface area contributed by atoms with Crippen LogP contribution in [0.5, 0.6) is 0 Å². The molecule has 0 heterocycles. The maximum Gasteiger partial charge on any atom is 0.257 e. The number of nitrogens with zero attached hydrogens (tertiary/aromatic N) is 1. The molecule has 3 rings (SSSR count). The van der Waals surface area contributed by atoms with Crippen LogP contribution in [0.15, 0.2) is 91.0 Å². The molecule has 0 radical (unpaired) electrons. The first kappa shape index (κ1) is 22.2. The Bertz CT molecular complexity index is 915. The van der Waals surface area contributed by atoms with Crippen molar-refractivity contribution in [2.45, 2.75) is 13.8 Å². The molecule has 1 amide bonds. The maximum atomic E-state index is 12.3. The molecule has 0 saturated heterocycles. The summed E-state index contributed by atoms with van der Waals surface area (Å²) in [6.07, 6.45) is 0. The molecule has 0 aliphatic rings. The average Bonchev–Trinajstić information content (AvgIpc) is 2.73. The fourth-order valence-electron chi connectivity index (χ4n) is 3.02. The second-order valence-electron chi connectivity index (χ2n) is 6.76. The highest BCUT2D eigenvalue weighted by Crippen LogP contribution is 2.16. The van der Waals surface area contributed by atoms with Gasteiger partial charge in [0.05, 0.1) is 5.92 Å². The van der Waals surface area contributed by atoms with Gasteiger partial charge in [-0.15, -0.1) is 0 Å². The molecule has 5 heteroatoms. The van der Waals surface area contributed by atoms with Crippen molar-refractivity contribution in [2.24, 2.45) is 5.92 Å². The predicted octanol–water partition coefficient (Wildman–Crippen LogP) is 0.603. The summed E-state index contributed by atoms with van der Waals surface area (Å²) in [6, 6.07) is 29.9. The Labute approximate surface area is 178 Å². The molecule has 150 valence electrons. The summed E-state index contributed by atoms with van der Waals surface area (Å²) in [6.45, 7) is 4.28. The Morgan fingerprint density at radius 3 is 1.97 bits per heavy atom. The number of amidine groups is 1. The first-order valence-electron chi connectivity index (χ1n) is 9.47. The van der Waals surface area contributed by atoms with E-state index < -0.39 is 0 Å². The highest BCUT2D eigenvalue weighted by molar-refractivity contribution is 5.96. The van der Waals surface area contributed by atoms with E-state index in [0.717, 1.165) is 22.9 Å². The number of carbonyl (C=O) groups excluding carboxylic acids is 1. The summed E-state index contributed by atoms with van der Waals surface area (Å²) in [5.41, 5.74) is 2.91. The van der Waals surface area contributed by atoms with Crippen LogP contribution in [0.25, 0.3) is 0 Å². The third kappa shape index (κ3) is 6.47. The third-order valence-corrected chi connectivity index (χ3v) is 4.50. The van der Waals surface area contributed by atoms with Gasteiger partial charge in [0.15, 0.2) is 0 Å². The number of carbonyl (C=O) groups is 1. The monoisotopic (exact) mass is 407 g/mol. The summed E-state index contributed by atoms with van der Waals surface area (Å²) in [5, 5.41) is 3.49. The van der Waals surface area contributed by atoms with E-state index >= 15 is 0 Å². The first-order valence-corrected chi connectivity index (χ1v) is 9.47. The lowest BCUT2D eigenvalue weighted by Crippen LogP contribution is -3.00. The van der Waals surface area contributed by atoms with Gasteiger partial charge < -0.3 is 17.3 Å². The van der Waals surface area contributed by atoms with E-state index in [1.165, 1.54) is 0 Å². The lowest BCUT2D eigenvalue weighted by Gasteiger charge is -2.24. The molecule has 0 fully saturated rings. The number of hydrogen-bond acceptors (Lipinski definition) is 1. The van der Waals surface area contributed by atoms with E-state index in [2.05, 4.69) is 17.2 Å². The number of nitrogens with one attached hydrogen (secondary N) is 2. The van der Waals surface area contributed by atoms with Crippen molar-refractivity contribution in [3.05, 3.63) is 91.0 Å². The minimum Gasteiger partial charge on any atom is -1.00 e. The zero-order valence-corrected chi connectivity index (χ0v) is 17.4. The molecule has 0 aliphatic heterocycles. The fraction of sp³-hybridized carbons (Fsp3) is 0.167. The van der Waals surface area contributed by atoms with Gasteiger partial charge in [-0.25, -0.2) is 10.3 Å². The average molecular weight is 408 g/mol. The summed E-state index contributed by atoms with van der Waals surface area (Å²) in [4.78, 5) is 17.6. The van der Waals surface area contributed by atoms with Crippen molar-refractivity contribution in [3.8, 4) is 0 Å². The number of rotatable bonds is 6. The summed E-state index contributed by atoms with van der Waals surface area (Å²) in [5.74, 6) is 1.03. The molecule has 4 nitrogen and oxygen atoms in total. The molecule has 0 aromatic heterocycles. The van der Waals surface area contributed by atoms with Gasteiger partial charge in [0.2, 0.25) is 5.91 Å². The van der Waals surface area contributed by atoms with Crippen LogP contribution in [0.4, 0.5) is 17.1 Å². The van der Waals surface area contributed by atoms with E-state index in [1.54, 1.807) is 6.92 Å². The Morgan fingerprint density at radius 2 is 1.41 bits per heavy atom. The van der Waals surface area contributed by atoms with Gasteiger partial charge in [0.25, 0.3) is 5.84 Å². The quantitative estimate of drug-likeness (QED) is 0.464. The highest BCUT2D eigenvalue weighted by Gasteiger charge is 2.23. The van der Waals surface area contributed by atoms with Crippen molar-refractivity contribution in [1.29, 1.82) is 0 Å². The fourth-order valence-corrected chi connectivity index (χ4v) is 3.02. The number of benzene rings is 3.